The van der Waals surface area contributed by atoms with Crippen LogP contribution in [0.1, 0.15) is 91.5 Å². The van der Waals surface area contributed by atoms with Crippen LogP contribution in [0.15, 0.2) is 12.1 Å². The van der Waals surface area contributed by atoms with Gasteiger partial charge in [0.15, 0.2) is 0 Å². The minimum absolute atomic E-state index is 0.360. The minimum atomic E-state index is -0.563. The molecule has 0 aromatic heterocycles. The van der Waals surface area contributed by atoms with Crippen molar-refractivity contribution < 1.29 is 19.6 Å². The molecule has 26 heavy (non-hydrogen) atoms. The lowest BCUT2D eigenvalue weighted by atomic mass is 9.85. The van der Waals surface area contributed by atoms with E-state index in [1.54, 1.807) is 0 Å². The summed E-state index contributed by atoms with van der Waals surface area (Å²) in [7, 11) is 0. The van der Waals surface area contributed by atoms with Crippen LogP contribution in [-0.2, 0) is 30.8 Å². The van der Waals surface area contributed by atoms with Gasteiger partial charge in [0.2, 0.25) is 0 Å². The van der Waals surface area contributed by atoms with Gasteiger partial charge in [-0.05, 0) is 105 Å². The molecule has 0 aliphatic rings. The summed E-state index contributed by atoms with van der Waals surface area (Å²) in [6.45, 7) is 24.1. The standard InChI is InChI=1S/C22H38O4/c1-15-13-17(21(9,10)25-23-19(3,4)5)14-16(2)18(15)22(11,12)26-24-20(6,7)8/h13-14H,1-12H3. The predicted molar refractivity (Wildman–Crippen MR) is 106 cm³/mol. The average Bonchev–Trinajstić information content (AvgIpc) is 2.41. The van der Waals surface area contributed by atoms with Crippen molar-refractivity contribution in [3.05, 3.63) is 34.4 Å². The van der Waals surface area contributed by atoms with E-state index in [1.165, 1.54) is 0 Å². The normalized spacial score (nSPS) is 14.0. The van der Waals surface area contributed by atoms with Crippen molar-refractivity contribution in [3.63, 3.8) is 0 Å². The van der Waals surface area contributed by atoms with E-state index in [2.05, 4.69) is 26.0 Å². The molecule has 1 aromatic carbocycles. The Labute approximate surface area is 160 Å². The van der Waals surface area contributed by atoms with Crippen LogP contribution < -0.4 is 0 Å². The molecule has 1 aromatic rings. The van der Waals surface area contributed by atoms with Gasteiger partial charge >= 0.3 is 0 Å². The first-order valence-electron chi connectivity index (χ1n) is 9.30. The second-order valence-electron chi connectivity index (χ2n) is 10.1. The molecule has 4 nitrogen and oxygen atoms in total. The van der Waals surface area contributed by atoms with Crippen LogP contribution in [0, 0.1) is 13.8 Å². The zero-order valence-corrected chi connectivity index (χ0v) is 18.8. The van der Waals surface area contributed by atoms with Gasteiger partial charge in [-0.2, -0.15) is 0 Å². The summed E-state index contributed by atoms with van der Waals surface area (Å²) in [5.74, 6) is 0. The minimum Gasteiger partial charge on any atom is -0.230 e. The molecule has 0 radical (unpaired) electrons. The van der Waals surface area contributed by atoms with Crippen LogP contribution in [0.2, 0.25) is 0 Å². The molecular formula is C22H38O4. The summed E-state index contributed by atoms with van der Waals surface area (Å²) < 4.78 is 0. The number of aryl methyl sites for hydroxylation is 2. The Kier molecular flexibility index (Phi) is 6.74. The van der Waals surface area contributed by atoms with Crippen molar-refractivity contribution in [1.82, 2.24) is 0 Å². The summed E-state index contributed by atoms with van der Waals surface area (Å²) in [5.41, 5.74) is 2.61. The molecule has 0 spiro atoms. The second-order valence-corrected chi connectivity index (χ2v) is 10.1. The van der Waals surface area contributed by atoms with E-state index in [-0.39, 0.29) is 11.2 Å². The zero-order valence-electron chi connectivity index (χ0n) is 18.8. The Morgan fingerprint density at radius 1 is 0.538 bits per heavy atom. The maximum absolute atomic E-state index is 5.80. The van der Waals surface area contributed by atoms with E-state index < -0.39 is 11.2 Å². The Morgan fingerprint density at radius 2 is 0.885 bits per heavy atom. The van der Waals surface area contributed by atoms with Crippen LogP contribution in [0.5, 0.6) is 0 Å². The van der Waals surface area contributed by atoms with Crippen LogP contribution in [0.25, 0.3) is 0 Å². The predicted octanol–water partition coefficient (Wildman–Crippen LogP) is 6.27. The summed E-state index contributed by atoms with van der Waals surface area (Å²) in [6, 6.07) is 4.27. The lowest BCUT2D eigenvalue weighted by molar-refractivity contribution is -0.402. The first-order valence-corrected chi connectivity index (χ1v) is 9.30. The molecule has 0 heterocycles. The Bertz CT molecular complexity index is 593. The van der Waals surface area contributed by atoms with Crippen LogP contribution in [0.4, 0.5) is 0 Å². The molecule has 150 valence electrons. The summed E-state index contributed by atoms with van der Waals surface area (Å²) >= 11 is 0. The SMILES string of the molecule is Cc1cc(C(C)(C)OOC(C)(C)C)cc(C)c1C(C)(C)OOC(C)(C)C. The fraction of sp³-hybridized carbons (Fsp3) is 0.727. The Morgan fingerprint density at radius 3 is 1.23 bits per heavy atom. The number of benzene rings is 1. The maximum Gasteiger partial charge on any atom is 0.123 e. The lowest BCUT2D eigenvalue weighted by Crippen LogP contribution is -2.31. The lowest BCUT2D eigenvalue weighted by Gasteiger charge is -2.33. The molecule has 0 saturated heterocycles. The Balaban J connectivity index is 3.15. The van der Waals surface area contributed by atoms with Gasteiger partial charge in [0.1, 0.15) is 11.2 Å². The quantitative estimate of drug-likeness (QED) is 0.439. The van der Waals surface area contributed by atoms with Gasteiger partial charge in [0.05, 0.1) is 11.2 Å². The van der Waals surface area contributed by atoms with E-state index >= 15 is 0 Å². The first kappa shape index (κ1) is 23.1. The molecule has 0 fully saturated rings. The number of rotatable bonds is 6. The van der Waals surface area contributed by atoms with Crippen molar-refractivity contribution in [3.8, 4) is 0 Å². The zero-order chi connectivity index (χ0) is 20.6. The average molecular weight is 367 g/mol. The van der Waals surface area contributed by atoms with Crippen molar-refractivity contribution in [2.45, 2.75) is 105 Å². The third kappa shape index (κ3) is 6.66. The molecule has 0 aliphatic carbocycles. The Hall–Kier alpha value is -0.940. The molecule has 0 N–H and O–H groups in total. The third-order valence-corrected chi connectivity index (χ3v) is 3.83. The topological polar surface area (TPSA) is 36.9 Å². The van der Waals surface area contributed by atoms with E-state index in [0.717, 1.165) is 22.3 Å². The molecule has 0 atom stereocenters. The molecule has 1 rings (SSSR count). The molecule has 0 bridgehead atoms. The van der Waals surface area contributed by atoms with Gasteiger partial charge in [-0.15, -0.1) is 0 Å². The first-order chi connectivity index (χ1) is 11.4. The van der Waals surface area contributed by atoms with Gasteiger partial charge < -0.3 is 0 Å². The fourth-order valence-corrected chi connectivity index (χ4v) is 2.81. The molecule has 0 amide bonds. The van der Waals surface area contributed by atoms with Crippen molar-refractivity contribution in [2.75, 3.05) is 0 Å². The van der Waals surface area contributed by atoms with Crippen molar-refractivity contribution in [1.29, 1.82) is 0 Å². The fourth-order valence-electron chi connectivity index (χ4n) is 2.81. The van der Waals surface area contributed by atoms with Crippen molar-refractivity contribution >= 4 is 0 Å². The third-order valence-electron chi connectivity index (χ3n) is 3.83. The monoisotopic (exact) mass is 366 g/mol. The van der Waals surface area contributed by atoms with Gasteiger partial charge in [-0.3, -0.25) is 0 Å². The van der Waals surface area contributed by atoms with Gasteiger partial charge in [-0.25, -0.2) is 19.6 Å². The molecule has 4 heteroatoms. The highest BCUT2D eigenvalue weighted by Crippen LogP contribution is 2.36. The van der Waals surface area contributed by atoms with Crippen molar-refractivity contribution in [2.24, 2.45) is 0 Å². The summed E-state index contributed by atoms with van der Waals surface area (Å²) in [4.78, 5) is 22.7. The smallest absolute Gasteiger partial charge is 0.123 e. The van der Waals surface area contributed by atoms with Crippen LogP contribution >= 0.6 is 0 Å². The second kappa shape index (κ2) is 7.59. The van der Waals surface area contributed by atoms with Gasteiger partial charge in [0.25, 0.3) is 0 Å². The van der Waals surface area contributed by atoms with E-state index in [4.69, 9.17) is 19.6 Å². The molecule has 0 saturated carbocycles. The van der Waals surface area contributed by atoms with E-state index in [0.29, 0.717) is 0 Å². The van der Waals surface area contributed by atoms with E-state index in [1.807, 2.05) is 69.2 Å². The highest BCUT2D eigenvalue weighted by Gasteiger charge is 2.32. The maximum atomic E-state index is 5.80. The van der Waals surface area contributed by atoms with Gasteiger partial charge in [-0.1, -0.05) is 12.1 Å². The molecular weight excluding hydrogens is 328 g/mol. The van der Waals surface area contributed by atoms with Crippen LogP contribution in [0.3, 0.4) is 0 Å². The highest BCUT2D eigenvalue weighted by atomic mass is 17.2. The highest BCUT2D eigenvalue weighted by molar-refractivity contribution is 5.42. The largest absolute Gasteiger partial charge is 0.230 e. The number of hydrogen-bond acceptors (Lipinski definition) is 4. The number of hydrogen-bond donors (Lipinski definition) is 0. The molecule has 0 aliphatic heterocycles. The van der Waals surface area contributed by atoms with Gasteiger partial charge in [0, 0.05) is 0 Å². The van der Waals surface area contributed by atoms with Crippen LogP contribution in [-0.4, -0.2) is 11.2 Å². The summed E-state index contributed by atoms with van der Waals surface area (Å²) in [5, 5.41) is 0. The molecule has 0 unspecified atom stereocenters. The van der Waals surface area contributed by atoms with E-state index in [9.17, 15) is 0 Å². The summed E-state index contributed by atoms with van der Waals surface area (Å²) in [6.07, 6.45) is 0.